The maximum Gasteiger partial charge on any atom is 0.256 e. The van der Waals surface area contributed by atoms with Crippen LogP contribution in [0, 0.1) is 0 Å². The molecule has 0 unspecified atom stereocenters. The molecule has 2 saturated heterocycles. The summed E-state index contributed by atoms with van der Waals surface area (Å²) in [7, 11) is 0. The fraction of sp³-hybridized carbons (Fsp3) is 0.438. The third-order valence-corrected chi connectivity index (χ3v) is 4.62. The van der Waals surface area contributed by atoms with Crippen molar-refractivity contribution >= 4 is 16.9 Å². The molecule has 3 heterocycles. The molecule has 4 rings (SSSR count). The molecule has 1 N–H and O–H groups in total. The van der Waals surface area contributed by atoms with Crippen molar-refractivity contribution in [1.29, 1.82) is 0 Å². The summed E-state index contributed by atoms with van der Waals surface area (Å²) in [5.74, 6) is 0.109. The Bertz CT molecular complexity index is 668. The maximum atomic E-state index is 13.1. The minimum absolute atomic E-state index is 0.109. The quantitative estimate of drug-likeness (QED) is 0.863. The molecule has 108 valence electrons. The van der Waals surface area contributed by atoms with Gasteiger partial charge in [-0.25, -0.2) is 0 Å². The molecule has 0 saturated carbocycles. The standard InChI is InChI=1S/C16H18N4O/c21-16(20-11-4-5-12(20)10-17-7-6-11)13-2-1-3-14-15(13)19-9-8-18-14/h1-3,8-9,11-12,17H,4-7,10H2/t11-,12+/m0/s1. The van der Waals surface area contributed by atoms with E-state index in [1.165, 1.54) is 0 Å². The second-order valence-electron chi connectivity index (χ2n) is 5.82. The van der Waals surface area contributed by atoms with Crippen LogP contribution in [0.15, 0.2) is 30.6 Å². The molecule has 2 aliphatic rings. The molecule has 0 radical (unpaired) electrons. The van der Waals surface area contributed by atoms with Gasteiger partial charge in [-0.15, -0.1) is 0 Å². The highest BCUT2D eigenvalue weighted by Crippen LogP contribution is 2.30. The van der Waals surface area contributed by atoms with Crippen molar-refractivity contribution in [2.45, 2.75) is 31.3 Å². The molecular weight excluding hydrogens is 264 g/mol. The molecule has 2 atom stereocenters. The number of nitrogens with one attached hydrogen (secondary N) is 1. The van der Waals surface area contributed by atoms with E-state index in [4.69, 9.17) is 0 Å². The lowest BCUT2D eigenvalue weighted by atomic mass is 10.1. The number of carbonyl (C=O) groups excluding carboxylic acids is 1. The predicted octanol–water partition coefficient (Wildman–Crippen LogP) is 1.60. The zero-order chi connectivity index (χ0) is 14.2. The minimum Gasteiger partial charge on any atom is -0.331 e. The molecule has 1 aromatic carbocycles. The van der Waals surface area contributed by atoms with Gasteiger partial charge in [0.1, 0.15) is 5.52 Å². The van der Waals surface area contributed by atoms with Gasteiger partial charge >= 0.3 is 0 Å². The van der Waals surface area contributed by atoms with E-state index in [2.05, 4.69) is 20.2 Å². The van der Waals surface area contributed by atoms with Gasteiger partial charge in [-0.05, 0) is 37.9 Å². The molecule has 1 amide bonds. The number of hydrogen-bond donors (Lipinski definition) is 1. The van der Waals surface area contributed by atoms with E-state index in [1.807, 2.05) is 18.2 Å². The van der Waals surface area contributed by atoms with Gasteiger partial charge < -0.3 is 10.2 Å². The Labute approximate surface area is 123 Å². The monoisotopic (exact) mass is 282 g/mol. The summed E-state index contributed by atoms with van der Waals surface area (Å²) in [5, 5.41) is 3.43. The van der Waals surface area contributed by atoms with Crippen molar-refractivity contribution in [1.82, 2.24) is 20.2 Å². The van der Waals surface area contributed by atoms with Crippen LogP contribution in [0.2, 0.25) is 0 Å². The van der Waals surface area contributed by atoms with Crippen LogP contribution in [0.1, 0.15) is 29.6 Å². The lowest BCUT2D eigenvalue weighted by Crippen LogP contribution is -2.42. The maximum absolute atomic E-state index is 13.1. The average molecular weight is 282 g/mol. The molecule has 2 fully saturated rings. The molecule has 1 aromatic heterocycles. The van der Waals surface area contributed by atoms with Crippen LogP contribution < -0.4 is 5.32 Å². The normalized spacial score (nSPS) is 25.0. The highest BCUT2D eigenvalue weighted by molar-refractivity contribution is 6.05. The van der Waals surface area contributed by atoms with Crippen molar-refractivity contribution < 1.29 is 4.79 Å². The number of rotatable bonds is 1. The first-order chi connectivity index (χ1) is 10.3. The molecular formula is C16H18N4O. The number of aromatic nitrogens is 2. The van der Waals surface area contributed by atoms with Crippen LogP contribution >= 0.6 is 0 Å². The van der Waals surface area contributed by atoms with Crippen molar-refractivity contribution in [2.24, 2.45) is 0 Å². The zero-order valence-electron chi connectivity index (χ0n) is 11.8. The van der Waals surface area contributed by atoms with E-state index in [-0.39, 0.29) is 5.91 Å². The predicted molar refractivity (Wildman–Crippen MR) is 80.0 cm³/mol. The van der Waals surface area contributed by atoms with Gasteiger partial charge in [-0.2, -0.15) is 0 Å². The molecule has 21 heavy (non-hydrogen) atoms. The molecule has 2 aromatic rings. The van der Waals surface area contributed by atoms with Gasteiger partial charge in [0.25, 0.3) is 5.91 Å². The third-order valence-electron chi connectivity index (χ3n) is 4.62. The van der Waals surface area contributed by atoms with Crippen LogP contribution in [-0.2, 0) is 0 Å². The minimum atomic E-state index is 0.109. The average Bonchev–Trinajstić information content (AvgIpc) is 2.79. The van der Waals surface area contributed by atoms with E-state index in [1.54, 1.807) is 12.4 Å². The van der Waals surface area contributed by atoms with E-state index in [9.17, 15) is 4.79 Å². The topological polar surface area (TPSA) is 58.1 Å². The summed E-state index contributed by atoms with van der Waals surface area (Å²) in [6.45, 7) is 1.90. The number of para-hydroxylation sites is 1. The summed E-state index contributed by atoms with van der Waals surface area (Å²) < 4.78 is 0. The SMILES string of the molecule is O=C(c1cccc2nccnc12)N1[C@@H]2CCNC[C@H]1CC2. The van der Waals surface area contributed by atoms with Crippen molar-refractivity contribution in [3.8, 4) is 0 Å². The Morgan fingerprint density at radius 3 is 2.95 bits per heavy atom. The van der Waals surface area contributed by atoms with Crippen molar-refractivity contribution in [2.75, 3.05) is 13.1 Å². The van der Waals surface area contributed by atoms with Crippen molar-refractivity contribution in [3.05, 3.63) is 36.2 Å². The third kappa shape index (κ3) is 2.08. The highest BCUT2D eigenvalue weighted by Gasteiger charge is 2.38. The van der Waals surface area contributed by atoms with Gasteiger partial charge in [0.15, 0.2) is 0 Å². The largest absolute Gasteiger partial charge is 0.331 e. The molecule has 5 heteroatoms. The van der Waals surface area contributed by atoms with Crippen LogP contribution in [0.4, 0.5) is 0 Å². The first kappa shape index (κ1) is 12.7. The van der Waals surface area contributed by atoms with Crippen LogP contribution in [0.5, 0.6) is 0 Å². The summed E-state index contributed by atoms with van der Waals surface area (Å²) in [4.78, 5) is 23.8. The first-order valence-corrected chi connectivity index (χ1v) is 7.58. The summed E-state index contributed by atoms with van der Waals surface area (Å²) in [6, 6.07) is 6.35. The first-order valence-electron chi connectivity index (χ1n) is 7.58. The summed E-state index contributed by atoms with van der Waals surface area (Å²) in [5.41, 5.74) is 2.17. The Balaban J connectivity index is 1.76. The fourth-order valence-corrected chi connectivity index (χ4v) is 3.62. The van der Waals surface area contributed by atoms with Gasteiger partial charge in [0.05, 0.1) is 11.1 Å². The van der Waals surface area contributed by atoms with E-state index in [0.717, 1.165) is 37.9 Å². The highest BCUT2D eigenvalue weighted by atomic mass is 16.2. The van der Waals surface area contributed by atoms with Crippen LogP contribution in [0.25, 0.3) is 11.0 Å². The van der Waals surface area contributed by atoms with Gasteiger partial charge in [-0.1, -0.05) is 6.07 Å². The van der Waals surface area contributed by atoms with E-state index >= 15 is 0 Å². The van der Waals surface area contributed by atoms with Gasteiger partial charge in [0, 0.05) is 31.0 Å². The van der Waals surface area contributed by atoms with Crippen LogP contribution in [0.3, 0.4) is 0 Å². The zero-order valence-corrected chi connectivity index (χ0v) is 11.8. The number of carbonyl (C=O) groups is 1. The Kier molecular flexibility index (Phi) is 3.07. The molecule has 5 nitrogen and oxygen atoms in total. The number of benzene rings is 1. The fourth-order valence-electron chi connectivity index (χ4n) is 3.62. The van der Waals surface area contributed by atoms with Crippen LogP contribution in [-0.4, -0.2) is 45.9 Å². The molecule has 0 aliphatic carbocycles. The molecule has 0 spiro atoms. The number of amides is 1. The van der Waals surface area contributed by atoms with Gasteiger partial charge in [-0.3, -0.25) is 14.8 Å². The lowest BCUT2D eigenvalue weighted by Gasteiger charge is -2.28. The van der Waals surface area contributed by atoms with Crippen molar-refractivity contribution in [3.63, 3.8) is 0 Å². The summed E-state index contributed by atoms with van der Waals surface area (Å²) >= 11 is 0. The van der Waals surface area contributed by atoms with E-state index in [0.29, 0.717) is 23.2 Å². The number of fused-ring (bicyclic) bond motifs is 3. The van der Waals surface area contributed by atoms with E-state index < -0.39 is 0 Å². The second kappa shape index (κ2) is 5.07. The number of nitrogens with zero attached hydrogens (tertiary/aromatic N) is 3. The Morgan fingerprint density at radius 1 is 1.14 bits per heavy atom. The summed E-state index contributed by atoms with van der Waals surface area (Å²) in [6.07, 6.45) is 6.57. The Morgan fingerprint density at radius 2 is 2.00 bits per heavy atom. The lowest BCUT2D eigenvalue weighted by molar-refractivity contribution is 0.0682. The van der Waals surface area contributed by atoms with Gasteiger partial charge in [0.2, 0.25) is 0 Å². The second-order valence-corrected chi connectivity index (χ2v) is 5.82. The smallest absolute Gasteiger partial charge is 0.256 e. The Hall–Kier alpha value is -2.01. The molecule has 2 bridgehead atoms. The number of hydrogen-bond acceptors (Lipinski definition) is 4. The molecule has 2 aliphatic heterocycles.